The van der Waals surface area contributed by atoms with Gasteiger partial charge in [-0.1, -0.05) is 48.2 Å². The molecular weight excluding hydrogens is 238 g/mol. The molecular formula is C16H15NS. The van der Waals surface area contributed by atoms with Crippen molar-refractivity contribution in [2.24, 2.45) is 0 Å². The molecule has 0 unspecified atom stereocenters. The summed E-state index contributed by atoms with van der Waals surface area (Å²) >= 11 is 1.81. The molecule has 0 aliphatic heterocycles. The van der Waals surface area contributed by atoms with Crippen LogP contribution < -0.4 is 0 Å². The monoisotopic (exact) mass is 253 g/mol. The first kappa shape index (κ1) is 11.4. The second-order valence-corrected chi connectivity index (χ2v) is 5.60. The van der Waals surface area contributed by atoms with Gasteiger partial charge in [-0.25, -0.2) is 0 Å². The van der Waals surface area contributed by atoms with Gasteiger partial charge < -0.3 is 4.98 Å². The summed E-state index contributed by atoms with van der Waals surface area (Å²) in [6, 6.07) is 17.0. The van der Waals surface area contributed by atoms with Crippen LogP contribution in [0.15, 0.2) is 58.5 Å². The number of hydrogen-bond acceptors (Lipinski definition) is 1. The number of fused-ring (bicyclic) bond motifs is 1. The van der Waals surface area contributed by atoms with Crippen LogP contribution in [0.25, 0.3) is 10.9 Å². The Kier molecular flexibility index (Phi) is 2.88. The number of H-pyrrole nitrogens is 1. The van der Waals surface area contributed by atoms with E-state index in [1.807, 2.05) is 11.8 Å². The van der Waals surface area contributed by atoms with E-state index in [4.69, 9.17) is 0 Å². The third kappa shape index (κ3) is 2.04. The van der Waals surface area contributed by atoms with Crippen LogP contribution in [-0.4, -0.2) is 4.98 Å². The highest BCUT2D eigenvalue weighted by molar-refractivity contribution is 7.99. The Balaban J connectivity index is 2.01. The molecule has 1 N–H and O–H groups in total. The number of nitrogens with one attached hydrogen (secondary N) is 1. The number of hydrogen-bond donors (Lipinski definition) is 1. The van der Waals surface area contributed by atoms with Crippen LogP contribution in [0.4, 0.5) is 0 Å². The maximum atomic E-state index is 3.46. The average molecular weight is 253 g/mol. The van der Waals surface area contributed by atoms with Gasteiger partial charge >= 0.3 is 0 Å². The van der Waals surface area contributed by atoms with Gasteiger partial charge in [-0.15, -0.1) is 0 Å². The van der Waals surface area contributed by atoms with Crippen LogP contribution in [-0.2, 0) is 0 Å². The van der Waals surface area contributed by atoms with Crippen molar-refractivity contribution in [1.29, 1.82) is 0 Å². The number of aromatic nitrogens is 1. The molecule has 1 nitrogen and oxygen atoms in total. The number of aromatic amines is 1. The Morgan fingerprint density at radius 1 is 0.889 bits per heavy atom. The Bertz CT molecular complexity index is 644. The molecule has 3 aromatic rings. The van der Waals surface area contributed by atoms with E-state index in [1.165, 1.54) is 32.0 Å². The van der Waals surface area contributed by atoms with E-state index >= 15 is 0 Å². The van der Waals surface area contributed by atoms with Gasteiger partial charge in [-0.3, -0.25) is 0 Å². The molecule has 0 bridgehead atoms. The second-order valence-electron chi connectivity index (χ2n) is 4.54. The van der Waals surface area contributed by atoms with Crippen LogP contribution in [0.5, 0.6) is 0 Å². The molecule has 0 amide bonds. The van der Waals surface area contributed by atoms with Gasteiger partial charge in [0.2, 0.25) is 0 Å². The van der Waals surface area contributed by atoms with Crippen LogP contribution in [0.3, 0.4) is 0 Å². The molecule has 0 saturated carbocycles. The lowest BCUT2D eigenvalue weighted by molar-refractivity contribution is 1.18. The van der Waals surface area contributed by atoms with Crippen molar-refractivity contribution in [3.05, 3.63) is 59.7 Å². The lowest BCUT2D eigenvalue weighted by Gasteiger charge is -2.07. The number of para-hydroxylation sites is 1. The summed E-state index contributed by atoms with van der Waals surface area (Å²) < 4.78 is 0. The van der Waals surface area contributed by atoms with E-state index in [9.17, 15) is 0 Å². The molecule has 0 atom stereocenters. The van der Waals surface area contributed by atoms with E-state index in [-0.39, 0.29) is 0 Å². The van der Waals surface area contributed by atoms with Crippen molar-refractivity contribution in [2.45, 2.75) is 23.8 Å². The lowest BCUT2D eigenvalue weighted by Crippen LogP contribution is -1.84. The molecule has 1 heterocycles. The summed E-state index contributed by atoms with van der Waals surface area (Å²) in [6.45, 7) is 4.33. The van der Waals surface area contributed by atoms with Crippen molar-refractivity contribution >= 4 is 22.7 Å². The fourth-order valence-corrected chi connectivity index (χ4v) is 3.20. The Labute approximate surface area is 111 Å². The molecule has 18 heavy (non-hydrogen) atoms. The average Bonchev–Trinajstić information content (AvgIpc) is 2.76. The summed E-state index contributed by atoms with van der Waals surface area (Å²) in [6.07, 6.45) is 0. The quantitative estimate of drug-likeness (QED) is 0.684. The van der Waals surface area contributed by atoms with Crippen LogP contribution in [0, 0.1) is 13.8 Å². The Morgan fingerprint density at radius 3 is 2.33 bits per heavy atom. The molecule has 0 saturated heterocycles. The predicted octanol–water partition coefficient (Wildman–Crippen LogP) is 4.94. The minimum atomic E-state index is 1.20. The molecule has 90 valence electrons. The van der Waals surface area contributed by atoms with Gasteiger partial charge in [0.1, 0.15) is 0 Å². The minimum absolute atomic E-state index is 1.20. The third-order valence-electron chi connectivity index (χ3n) is 3.13. The van der Waals surface area contributed by atoms with Crippen LogP contribution in [0.1, 0.15) is 11.1 Å². The molecule has 2 aromatic carbocycles. The highest BCUT2D eigenvalue weighted by Crippen LogP contribution is 2.33. The van der Waals surface area contributed by atoms with E-state index in [0.29, 0.717) is 0 Å². The summed E-state index contributed by atoms with van der Waals surface area (Å²) in [5, 5.41) is 2.47. The summed E-state index contributed by atoms with van der Waals surface area (Å²) in [4.78, 5) is 4.81. The first-order chi connectivity index (χ1) is 8.74. The number of aryl methyl sites for hydroxylation is 2. The van der Waals surface area contributed by atoms with Gasteiger partial charge in [-0.2, -0.15) is 0 Å². The molecule has 1 aromatic heterocycles. The molecule has 0 spiro atoms. The zero-order valence-corrected chi connectivity index (χ0v) is 11.3. The summed E-state index contributed by atoms with van der Waals surface area (Å²) in [5.74, 6) is 0. The second kappa shape index (κ2) is 4.54. The molecule has 0 radical (unpaired) electrons. The highest BCUT2D eigenvalue weighted by atomic mass is 32.2. The zero-order valence-electron chi connectivity index (χ0n) is 10.5. The topological polar surface area (TPSA) is 15.8 Å². The van der Waals surface area contributed by atoms with Crippen molar-refractivity contribution < 1.29 is 0 Å². The first-order valence-electron chi connectivity index (χ1n) is 6.06. The Morgan fingerprint density at radius 2 is 1.61 bits per heavy atom. The normalized spacial score (nSPS) is 11.0. The van der Waals surface area contributed by atoms with Gasteiger partial charge in [-0.05, 0) is 37.1 Å². The van der Waals surface area contributed by atoms with Crippen molar-refractivity contribution in [3.63, 3.8) is 0 Å². The maximum absolute atomic E-state index is 3.46. The van der Waals surface area contributed by atoms with E-state index in [2.05, 4.69) is 67.4 Å². The summed E-state index contributed by atoms with van der Waals surface area (Å²) in [7, 11) is 0. The smallest absolute Gasteiger partial charge is 0.0781 e. The largest absolute Gasteiger partial charge is 0.349 e. The molecule has 2 heteroatoms. The van der Waals surface area contributed by atoms with E-state index in [0.717, 1.165) is 0 Å². The van der Waals surface area contributed by atoms with Crippen molar-refractivity contribution in [3.8, 4) is 0 Å². The van der Waals surface area contributed by atoms with Crippen molar-refractivity contribution in [1.82, 2.24) is 4.98 Å². The van der Waals surface area contributed by atoms with Gasteiger partial charge in [0.15, 0.2) is 0 Å². The number of rotatable bonds is 2. The fraction of sp³-hybridized carbons (Fsp3) is 0.125. The van der Waals surface area contributed by atoms with E-state index < -0.39 is 0 Å². The first-order valence-corrected chi connectivity index (χ1v) is 6.87. The van der Waals surface area contributed by atoms with Gasteiger partial charge in [0.25, 0.3) is 0 Å². The summed E-state index contributed by atoms with van der Waals surface area (Å²) in [5.41, 5.74) is 3.86. The highest BCUT2D eigenvalue weighted by Gasteiger charge is 2.06. The van der Waals surface area contributed by atoms with Gasteiger partial charge in [0.05, 0.1) is 5.03 Å². The molecule has 0 aliphatic rings. The molecule has 0 fully saturated rings. The minimum Gasteiger partial charge on any atom is -0.349 e. The van der Waals surface area contributed by atoms with Gasteiger partial charge in [0, 0.05) is 15.8 Å². The van der Waals surface area contributed by atoms with Crippen LogP contribution >= 0.6 is 11.8 Å². The Hall–Kier alpha value is -1.67. The SMILES string of the molecule is Cc1cccc(C)c1Sc1cc2ccccc2[nH]1. The molecule has 3 rings (SSSR count). The zero-order chi connectivity index (χ0) is 12.5. The standard InChI is InChI=1S/C16H15NS/c1-11-6-5-7-12(2)16(11)18-15-10-13-8-3-4-9-14(13)17-15/h3-10,17H,1-2H3. The maximum Gasteiger partial charge on any atom is 0.0781 e. The fourth-order valence-electron chi connectivity index (χ4n) is 2.17. The van der Waals surface area contributed by atoms with Crippen molar-refractivity contribution in [2.75, 3.05) is 0 Å². The molecule has 0 aliphatic carbocycles. The third-order valence-corrected chi connectivity index (χ3v) is 4.41. The lowest BCUT2D eigenvalue weighted by atomic mass is 10.2. The van der Waals surface area contributed by atoms with Crippen LogP contribution in [0.2, 0.25) is 0 Å². The van der Waals surface area contributed by atoms with E-state index in [1.54, 1.807) is 0 Å². The predicted molar refractivity (Wildman–Crippen MR) is 78.3 cm³/mol. The number of benzene rings is 2.